The molecule has 1 heterocycles. The van der Waals surface area contributed by atoms with Crippen molar-refractivity contribution in [1.29, 1.82) is 0 Å². The minimum absolute atomic E-state index is 0.0458. The number of aryl methyl sites for hydroxylation is 3. The number of hydrogen-bond acceptors (Lipinski definition) is 0. The molecule has 1 aliphatic carbocycles. The highest BCUT2D eigenvalue weighted by atomic mass is 14.8. The summed E-state index contributed by atoms with van der Waals surface area (Å²) < 4.78 is 0. The van der Waals surface area contributed by atoms with Crippen LogP contribution in [0.4, 0.5) is 0 Å². The van der Waals surface area contributed by atoms with Crippen LogP contribution in [0.25, 0.3) is 16.5 Å². The maximum Gasteiger partial charge on any atom is 0.0465 e. The molecule has 0 aliphatic heterocycles. The number of aromatic nitrogens is 1. The lowest BCUT2D eigenvalue weighted by molar-refractivity contribution is 0.612. The number of benzene rings is 2. The van der Waals surface area contributed by atoms with Crippen LogP contribution < -0.4 is 0 Å². The third-order valence-electron chi connectivity index (χ3n) is 5.74. The fourth-order valence-electron chi connectivity index (χ4n) is 4.26. The number of rotatable bonds is 1. The molecule has 4 rings (SSSR count). The Bertz CT molecular complexity index is 999. The Balaban J connectivity index is 2.09. The zero-order valence-corrected chi connectivity index (χ0v) is 15.3. The Morgan fingerprint density at radius 3 is 2.54 bits per heavy atom. The van der Waals surface area contributed by atoms with Crippen molar-refractivity contribution < 1.29 is 0 Å². The highest BCUT2D eigenvalue weighted by Crippen LogP contribution is 2.48. The van der Waals surface area contributed by atoms with E-state index < -0.39 is 0 Å². The van der Waals surface area contributed by atoms with Gasteiger partial charge >= 0.3 is 0 Å². The summed E-state index contributed by atoms with van der Waals surface area (Å²) in [5.41, 5.74) is 11.7. The molecular weight excluding hydrogens is 290 g/mol. The number of aromatic amines is 1. The second-order valence-electron chi connectivity index (χ2n) is 7.71. The molecule has 24 heavy (non-hydrogen) atoms. The first-order valence-corrected chi connectivity index (χ1v) is 8.81. The van der Waals surface area contributed by atoms with E-state index in [4.69, 9.17) is 0 Å². The van der Waals surface area contributed by atoms with Gasteiger partial charge in [-0.2, -0.15) is 0 Å². The monoisotopic (exact) mass is 315 g/mol. The van der Waals surface area contributed by atoms with Crippen LogP contribution >= 0.6 is 0 Å². The van der Waals surface area contributed by atoms with Gasteiger partial charge in [-0.05, 0) is 59.7 Å². The fourth-order valence-corrected chi connectivity index (χ4v) is 4.26. The summed E-state index contributed by atoms with van der Waals surface area (Å²) in [6, 6.07) is 11.4. The quantitative estimate of drug-likeness (QED) is 0.563. The molecule has 0 spiro atoms. The summed E-state index contributed by atoms with van der Waals surface area (Å²) in [6.07, 6.45) is 1.06. The lowest BCUT2D eigenvalue weighted by atomic mass is 9.69. The Morgan fingerprint density at radius 1 is 1.08 bits per heavy atom. The second kappa shape index (κ2) is 4.86. The Hall–Kier alpha value is -2.28. The van der Waals surface area contributed by atoms with Crippen molar-refractivity contribution >= 4 is 16.5 Å². The van der Waals surface area contributed by atoms with Gasteiger partial charge in [-0.25, -0.2) is 0 Å². The summed E-state index contributed by atoms with van der Waals surface area (Å²) >= 11 is 0. The van der Waals surface area contributed by atoms with E-state index >= 15 is 0 Å². The van der Waals surface area contributed by atoms with Crippen molar-refractivity contribution in [2.75, 3.05) is 0 Å². The van der Waals surface area contributed by atoms with E-state index in [1.54, 1.807) is 0 Å². The Kier molecular flexibility index (Phi) is 3.09. The van der Waals surface area contributed by atoms with E-state index in [0.717, 1.165) is 12.0 Å². The molecule has 0 bridgehead atoms. The normalized spacial score (nSPS) is 15.5. The van der Waals surface area contributed by atoms with Gasteiger partial charge in [-0.15, -0.1) is 0 Å². The number of hydrogen-bond donors (Lipinski definition) is 1. The van der Waals surface area contributed by atoms with Gasteiger partial charge in [0.1, 0.15) is 0 Å². The van der Waals surface area contributed by atoms with Gasteiger partial charge in [0.05, 0.1) is 0 Å². The lowest BCUT2D eigenvalue weighted by Crippen LogP contribution is -2.27. The molecule has 1 aliphatic rings. The zero-order valence-electron chi connectivity index (χ0n) is 15.3. The first-order chi connectivity index (χ1) is 11.3. The van der Waals surface area contributed by atoms with Gasteiger partial charge in [-0.1, -0.05) is 51.6 Å². The van der Waals surface area contributed by atoms with Gasteiger partial charge in [-0.3, -0.25) is 0 Å². The van der Waals surface area contributed by atoms with E-state index in [1.807, 2.05) is 0 Å². The highest BCUT2D eigenvalue weighted by Gasteiger charge is 2.37. The van der Waals surface area contributed by atoms with Crippen LogP contribution in [0.5, 0.6) is 0 Å². The van der Waals surface area contributed by atoms with Crippen molar-refractivity contribution in [2.24, 2.45) is 0 Å². The molecule has 1 nitrogen and oxygen atoms in total. The number of nitrogens with one attached hydrogen (secondary N) is 1. The minimum atomic E-state index is -0.0458. The van der Waals surface area contributed by atoms with Crippen molar-refractivity contribution in [3.8, 4) is 0 Å². The molecule has 0 saturated heterocycles. The highest BCUT2D eigenvalue weighted by molar-refractivity contribution is 6.01. The van der Waals surface area contributed by atoms with Gasteiger partial charge < -0.3 is 4.98 Å². The average Bonchev–Trinajstić information content (AvgIpc) is 2.92. The molecule has 1 heteroatoms. The maximum absolute atomic E-state index is 4.49. The number of fused-ring (bicyclic) bond motifs is 4. The number of H-pyrrole nitrogens is 1. The van der Waals surface area contributed by atoms with E-state index in [-0.39, 0.29) is 5.41 Å². The molecule has 0 radical (unpaired) electrons. The summed E-state index contributed by atoms with van der Waals surface area (Å²) in [7, 11) is 0. The molecule has 3 aromatic rings. The van der Waals surface area contributed by atoms with Crippen LogP contribution in [-0.4, -0.2) is 4.98 Å². The molecular formula is C23H25N. The molecule has 1 aromatic heterocycles. The second-order valence-corrected chi connectivity index (χ2v) is 7.71. The van der Waals surface area contributed by atoms with Crippen LogP contribution in [0.15, 0.2) is 36.9 Å². The summed E-state index contributed by atoms with van der Waals surface area (Å²) in [5, 5.41) is 1.29. The Morgan fingerprint density at radius 2 is 1.83 bits per heavy atom. The predicted octanol–water partition coefficient (Wildman–Crippen LogP) is 6.05. The molecule has 0 fully saturated rings. The van der Waals surface area contributed by atoms with Crippen molar-refractivity contribution in [3.63, 3.8) is 0 Å². The predicted molar refractivity (Wildman–Crippen MR) is 104 cm³/mol. The van der Waals surface area contributed by atoms with Gasteiger partial charge in [0.15, 0.2) is 0 Å². The van der Waals surface area contributed by atoms with Crippen molar-refractivity contribution in [3.05, 3.63) is 76.0 Å². The average molecular weight is 315 g/mol. The SMILES string of the molecule is C=C1c2cc(CC)c(C)cc2C(C)(C)c2[nH]c3cc(C)ccc3c21. The van der Waals surface area contributed by atoms with Crippen LogP contribution in [0, 0.1) is 13.8 Å². The molecule has 122 valence electrons. The molecule has 0 unspecified atom stereocenters. The summed E-state index contributed by atoms with van der Waals surface area (Å²) in [5.74, 6) is 0. The summed E-state index contributed by atoms with van der Waals surface area (Å²) in [4.78, 5) is 3.71. The van der Waals surface area contributed by atoms with Gasteiger partial charge in [0.25, 0.3) is 0 Å². The molecule has 2 aromatic carbocycles. The molecule has 0 amide bonds. The van der Waals surface area contributed by atoms with Crippen LogP contribution in [0.1, 0.15) is 59.8 Å². The lowest BCUT2D eigenvalue weighted by Gasteiger charge is -2.35. The van der Waals surface area contributed by atoms with Crippen LogP contribution in [-0.2, 0) is 11.8 Å². The summed E-state index contributed by atoms with van der Waals surface area (Å²) in [6.45, 7) is 15.7. The molecule has 0 saturated carbocycles. The first kappa shape index (κ1) is 15.3. The van der Waals surface area contributed by atoms with Crippen molar-refractivity contribution in [1.82, 2.24) is 4.98 Å². The maximum atomic E-state index is 4.49. The van der Waals surface area contributed by atoms with E-state index in [2.05, 4.69) is 76.5 Å². The topological polar surface area (TPSA) is 15.8 Å². The standard InChI is InChI=1S/C23H25N/c1-7-16-12-18-15(4)21-17-9-8-13(2)10-20(17)24-22(21)23(5,6)19(18)11-14(16)3/h8-12,24H,4,7H2,1-3,5-6H3. The first-order valence-electron chi connectivity index (χ1n) is 8.81. The van der Waals surface area contributed by atoms with Gasteiger partial charge in [0.2, 0.25) is 0 Å². The third-order valence-corrected chi connectivity index (χ3v) is 5.74. The largest absolute Gasteiger partial charge is 0.357 e. The molecule has 0 atom stereocenters. The van der Waals surface area contributed by atoms with Crippen LogP contribution in [0.2, 0.25) is 0 Å². The smallest absolute Gasteiger partial charge is 0.0465 e. The molecule has 1 N–H and O–H groups in total. The third kappa shape index (κ3) is 1.87. The minimum Gasteiger partial charge on any atom is -0.357 e. The van der Waals surface area contributed by atoms with E-state index in [9.17, 15) is 0 Å². The zero-order chi connectivity index (χ0) is 17.2. The van der Waals surface area contributed by atoms with E-state index in [1.165, 1.54) is 50.0 Å². The van der Waals surface area contributed by atoms with E-state index in [0.29, 0.717) is 0 Å². The van der Waals surface area contributed by atoms with Crippen LogP contribution in [0.3, 0.4) is 0 Å². The Labute approximate surface area is 144 Å². The van der Waals surface area contributed by atoms with Gasteiger partial charge in [0, 0.05) is 27.6 Å². The fraction of sp³-hybridized carbons (Fsp3) is 0.304. The van der Waals surface area contributed by atoms with Crippen molar-refractivity contribution in [2.45, 2.75) is 46.5 Å².